The molecule has 0 saturated carbocycles. The number of carbonyl (C=O) groups is 4. The second-order valence-corrected chi connectivity index (χ2v) is 31.8. The molecule has 0 aliphatic heterocycles. The van der Waals surface area contributed by atoms with E-state index in [4.69, 9.17) is 37.0 Å². The maximum Gasteiger partial charge on any atom is 0.472 e. The summed E-state index contributed by atoms with van der Waals surface area (Å²) in [5.41, 5.74) is 0. The number of rotatable bonds is 76. The summed E-state index contributed by atoms with van der Waals surface area (Å²) in [6, 6.07) is 0. The van der Waals surface area contributed by atoms with Gasteiger partial charge >= 0.3 is 39.5 Å². The first-order chi connectivity index (χ1) is 47.8. The zero-order valence-corrected chi connectivity index (χ0v) is 66.2. The van der Waals surface area contributed by atoms with Crippen LogP contribution in [-0.2, 0) is 65.4 Å². The van der Waals surface area contributed by atoms with Gasteiger partial charge in [-0.25, -0.2) is 9.13 Å². The second kappa shape index (κ2) is 69.9. The highest BCUT2D eigenvalue weighted by Crippen LogP contribution is 2.45. The molecule has 0 aromatic rings. The lowest BCUT2D eigenvalue weighted by Crippen LogP contribution is -2.30. The molecule has 0 rings (SSSR count). The van der Waals surface area contributed by atoms with Crippen molar-refractivity contribution in [1.29, 1.82) is 0 Å². The highest BCUT2D eigenvalue weighted by molar-refractivity contribution is 7.47. The fourth-order valence-electron chi connectivity index (χ4n) is 11.7. The molecule has 5 unspecified atom stereocenters. The van der Waals surface area contributed by atoms with Crippen LogP contribution in [-0.4, -0.2) is 96.7 Å². The van der Waals surface area contributed by atoms with Crippen LogP contribution >= 0.6 is 15.6 Å². The Morgan fingerprint density at radius 1 is 0.323 bits per heavy atom. The molecule has 19 heteroatoms. The average Bonchev–Trinajstić information content (AvgIpc) is 1.18. The second-order valence-electron chi connectivity index (χ2n) is 28.8. The lowest BCUT2D eigenvalue weighted by atomic mass is 9.99. The van der Waals surface area contributed by atoms with E-state index in [1.807, 2.05) is 0 Å². The van der Waals surface area contributed by atoms with Gasteiger partial charge in [-0.1, -0.05) is 336 Å². The van der Waals surface area contributed by atoms with Gasteiger partial charge in [0.2, 0.25) is 0 Å². The molecule has 0 aromatic heterocycles. The molecule has 0 aliphatic rings. The minimum Gasteiger partial charge on any atom is -0.462 e. The van der Waals surface area contributed by atoms with Crippen LogP contribution in [0.1, 0.15) is 389 Å². The first-order valence-corrected chi connectivity index (χ1v) is 43.8. The van der Waals surface area contributed by atoms with Gasteiger partial charge in [-0.3, -0.25) is 37.3 Å². The van der Waals surface area contributed by atoms with E-state index in [0.717, 1.165) is 127 Å². The Labute approximate surface area is 605 Å². The quantitative estimate of drug-likeness (QED) is 0.0169. The molecule has 0 bridgehead atoms. The number of phosphoric acid groups is 2. The Bertz CT molecular complexity index is 2020. The number of aliphatic hydroxyl groups is 1. The molecule has 0 radical (unpaired) electrons. The molecule has 8 atom stereocenters. The molecule has 17 nitrogen and oxygen atoms in total. The van der Waals surface area contributed by atoms with Crippen molar-refractivity contribution >= 4 is 39.5 Å². The van der Waals surface area contributed by atoms with Crippen LogP contribution in [0, 0.1) is 17.8 Å². The van der Waals surface area contributed by atoms with Crippen LogP contribution in [0.2, 0.25) is 0 Å². The summed E-state index contributed by atoms with van der Waals surface area (Å²) in [5, 5.41) is 10.6. The Hall–Kier alpha value is -2.46. The lowest BCUT2D eigenvalue weighted by molar-refractivity contribution is -0.161. The maximum absolute atomic E-state index is 13.1. The Morgan fingerprint density at radius 3 is 0.848 bits per heavy atom. The van der Waals surface area contributed by atoms with E-state index in [0.29, 0.717) is 25.7 Å². The highest BCUT2D eigenvalue weighted by atomic mass is 31.2. The van der Waals surface area contributed by atoms with Gasteiger partial charge in [0.15, 0.2) is 12.2 Å². The standard InChI is InChI=1S/C80H152O17P2/c1-8-12-13-14-15-16-17-18-23-27-30-33-40-49-56-64-80(85)97-76(68-91-78(83)62-55-48-43-42-46-53-60-73(7)11-4)70-95-99(88,89)93-66-74(81)65-92-98(86,87)94-69-75(67-90-77(82)61-54-47-39-36-35-38-45-52-59-72(6)10-3)96-79(84)63-57-50-41-34-31-28-25-22-20-19-21-24-26-29-32-37-44-51-58-71(5)9-2/h16-18,23,71-76,81H,8-15,19-22,24-70H2,1-7H3,(H,86,87)(H,88,89)/b17-16-,23-18-/t71?,72?,73?,74-,75-,76-/m1/s1. The first kappa shape index (κ1) is 96.5. The van der Waals surface area contributed by atoms with Gasteiger partial charge in [0.05, 0.1) is 26.4 Å². The van der Waals surface area contributed by atoms with Crippen molar-refractivity contribution in [2.75, 3.05) is 39.6 Å². The van der Waals surface area contributed by atoms with Gasteiger partial charge in [-0.2, -0.15) is 0 Å². The minimum atomic E-state index is -4.97. The number of unbranched alkanes of at least 4 members (excludes halogenated alkanes) is 38. The van der Waals surface area contributed by atoms with E-state index in [1.165, 1.54) is 180 Å². The number of ether oxygens (including phenoxy) is 4. The zero-order valence-electron chi connectivity index (χ0n) is 64.4. The van der Waals surface area contributed by atoms with Crippen LogP contribution in [0.4, 0.5) is 0 Å². The molecule has 0 saturated heterocycles. The third kappa shape index (κ3) is 69.7. The van der Waals surface area contributed by atoms with E-state index in [1.54, 1.807) is 0 Å². The largest absolute Gasteiger partial charge is 0.472 e. The van der Waals surface area contributed by atoms with Crippen LogP contribution in [0.25, 0.3) is 0 Å². The molecule has 584 valence electrons. The van der Waals surface area contributed by atoms with Crippen molar-refractivity contribution in [2.24, 2.45) is 17.8 Å². The molecular weight excluding hydrogens is 1290 g/mol. The fraction of sp³-hybridized carbons (Fsp3) is 0.900. The molecule has 0 fully saturated rings. The average molecular weight is 1450 g/mol. The van der Waals surface area contributed by atoms with Gasteiger partial charge in [-0.05, 0) is 69.1 Å². The van der Waals surface area contributed by atoms with Crippen LogP contribution in [0.5, 0.6) is 0 Å². The zero-order chi connectivity index (χ0) is 73.0. The molecule has 0 aromatic carbocycles. The Balaban J connectivity index is 5.23. The summed E-state index contributed by atoms with van der Waals surface area (Å²) >= 11 is 0. The molecule has 99 heavy (non-hydrogen) atoms. The summed E-state index contributed by atoms with van der Waals surface area (Å²) in [6.07, 6.45) is 60.5. The molecule has 0 amide bonds. The van der Waals surface area contributed by atoms with Gasteiger partial charge in [0, 0.05) is 25.7 Å². The molecule has 0 heterocycles. The topological polar surface area (TPSA) is 237 Å². The number of hydrogen-bond acceptors (Lipinski definition) is 15. The summed E-state index contributed by atoms with van der Waals surface area (Å²) in [7, 11) is -9.93. The lowest BCUT2D eigenvalue weighted by Gasteiger charge is -2.21. The number of esters is 4. The molecule has 0 spiro atoms. The SMILES string of the molecule is CCCCCC/C=C\C=C/CCCCCCCC(=O)O[C@H](COC(=O)CCCCCCCCC(C)CC)COP(=O)(O)OC[C@H](O)COP(=O)(O)OC[C@@H](COC(=O)CCCCCCCCCCC(C)CC)OC(=O)CCCCCCCCCCCCCCCCCCCCC(C)CC. The van der Waals surface area contributed by atoms with Crippen molar-refractivity contribution in [2.45, 2.75) is 407 Å². The highest BCUT2D eigenvalue weighted by Gasteiger charge is 2.30. The number of phosphoric ester groups is 2. The van der Waals surface area contributed by atoms with E-state index in [2.05, 4.69) is 72.8 Å². The monoisotopic (exact) mass is 1450 g/mol. The van der Waals surface area contributed by atoms with Gasteiger partial charge < -0.3 is 33.8 Å². The normalized spacial score (nSPS) is 15.0. The predicted molar refractivity (Wildman–Crippen MR) is 404 cm³/mol. The predicted octanol–water partition coefficient (Wildman–Crippen LogP) is 23.3. The van der Waals surface area contributed by atoms with Crippen LogP contribution in [0.15, 0.2) is 24.3 Å². The van der Waals surface area contributed by atoms with Crippen molar-refractivity contribution in [1.82, 2.24) is 0 Å². The van der Waals surface area contributed by atoms with E-state index in [-0.39, 0.29) is 25.7 Å². The van der Waals surface area contributed by atoms with Crippen molar-refractivity contribution in [3.63, 3.8) is 0 Å². The number of aliphatic hydroxyl groups excluding tert-OH is 1. The van der Waals surface area contributed by atoms with Gasteiger partial charge in [0.25, 0.3) is 0 Å². The van der Waals surface area contributed by atoms with Crippen LogP contribution < -0.4 is 0 Å². The van der Waals surface area contributed by atoms with E-state index < -0.39 is 97.5 Å². The van der Waals surface area contributed by atoms with Crippen LogP contribution in [0.3, 0.4) is 0 Å². The van der Waals surface area contributed by atoms with Crippen molar-refractivity contribution in [3.05, 3.63) is 24.3 Å². The van der Waals surface area contributed by atoms with Crippen molar-refractivity contribution in [3.8, 4) is 0 Å². The third-order valence-corrected chi connectivity index (χ3v) is 21.0. The molecule has 3 N–H and O–H groups in total. The summed E-state index contributed by atoms with van der Waals surface area (Å²) < 4.78 is 68.6. The first-order valence-electron chi connectivity index (χ1n) is 40.8. The minimum absolute atomic E-state index is 0.0839. The van der Waals surface area contributed by atoms with Gasteiger partial charge in [0.1, 0.15) is 19.3 Å². The Kier molecular flexibility index (Phi) is 68.1. The summed E-state index contributed by atoms with van der Waals surface area (Å²) in [6.45, 7) is 11.9. The Morgan fingerprint density at radius 2 is 0.566 bits per heavy atom. The van der Waals surface area contributed by atoms with E-state index in [9.17, 15) is 43.2 Å². The maximum atomic E-state index is 13.1. The fourth-order valence-corrected chi connectivity index (χ4v) is 13.3. The van der Waals surface area contributed by atoms with Gasteiger partial charge in [-0.15, -0.1) is 0 Å². The third-order valence-electron chi connectivity index (χ3n) is 19.1. The summed E-state index contributed by atoms with van der Waals surface area (Å²) in [4.78, 5) is 72.9. The number of carbonyl (C=O) groups excluding carboxylic acids is 4. The van der Waals surface area contributed by atoms with E-state index >= 15 is 0 Å². The smallest absolute Gasteiger partial charge is 0.462 e. The molecular formula is C80H152O17P2. The number of allylic oxidation sites excluding steroid dienone is 4. The van der Waals surface area contributed by atoms with Crippen molar-refractivity contribution < 1.29 is 80.2 Å². The number of hydrogen-bond donors (Lipinski definition) is 3. The summed E-state index contributed by atoms with van der Waals surface area (Å²) in [5.74, 6) is 0.227. The molecule has 0 aliphatic carbocycles.